The molecule has 0 saturated heterocycles. The summed E-state index contributed by atoms with van der Waals surface area (Å²) in [6.07, 6.45) is -0.0648. The lowest BCUT2D eigenvalue weighted by molar-refractivity contribution is -0.102. The summed E-state index contributed by atoms with van der Waals surface area (Å²) in [5.41, 5.74) is -0.0312. The minimum Gasteiger partial charge on any atom is -0.370 e. The summed E-state index contributed by atoms with van der Waals surface area (Å²) in [6, 6.07) is 0. The van der Waals surface area contributed by atoms with Crippen LogP contribution in [0.25, 0.3) is 0 Å². The van der Waals surface area contributed by atoms with E-state index in [9.17, 15) is 0 Å². The molecule has 0 aliphatic heterocycles. The number of hydrogen-bond donors (Lipinski definition) is 0. The molecule has 0 radical (unpaired) electrons. The predicted molar refractivity (Wildman–Crippen MR) is 70.8 cm³/mol. The first-order valence-electron chi connectivity index (χ1n) is 5.27. The Bertz CT molecular complexity index is 126. The highest BCUT2D eigenvalue weighted by Crippen LogP contribution is 2.17. The van der Waals surface area contributed by atoms with E-state index < -0.39 is 0 Å². The van der Waals surface area contributed by atoms with Crippen LogP contribution in [-0.2, 0) is 14.2 Å². The molecule has 0 aliphatic carbocycles. The minimum atomic E-state index is -0.0648. The Morgan fingerprint density at radius 2 is 1.00 bits per heavy atom. The van der Waals surface area contributed by atoms with E-state index in [4.69, 9.17) is 4.74 Å². The van der Waals surface area contributed by atoms with Crippen LogP contribution in [0.4, 0.5) is 0 Å². The van der Waals surface area contributed by atoms with Gasteiger partial charge in [0.1, 0.15) is 0 Å². The minimum absolute atomic E-state index is 0. The van der Waals surface area contributed by atoms with Gasteiger partial charge in [0, 0.05) is 14.2 Å². The predicted octanol–water partition coefficient (Wildman–Crippen LogP) is 3.86. The number of ether oxygens (including phenoxy) is 3. The quantitative estimate of drug-likeness (QED) is 0.681. The highest BCUT2D eigenvalue weighted by molar-refractivity contribution is 4.68. The van der Waals surface area contributed by atoms with Gasteiger partial charge in [-0.05, 0) is 48.5 Å². The van der Waals surface area contributed by atoms with Crippen molar-refractivity contribution in [1.82, 2.24) is 0 Å². The van der Waals surface area contributed by atoms with E-state index >= 15 is 0 Å². The smallest absolute Gasteiger partial charge is 0.154 e. The van der Waals surface area contributed by atoms with Gasteiger partial charge in [-0.3, -0.25) is 0 Å². The molecule has 0 aromatic carbocycles. The lowest BCUT2D eigenvalue weighted by Gasteiger charge is -2.30. The van der Waals surface area contributed by atoms with E-state index in [0.717, 1.165) is 0 Å². The fourth-order valence-corrected chi connectivity index (χ4v) is 1.01. The van der Waals surface area contributed by atoms with Gasteiger partial charge in [-0.2, -0.15) is 0 Å². The van der Waals surface area contributed by atoms with Crippen LogP contribution >= 0.6 is 0 Å². The molecule has 0 amide bonds. The maximum atomic E-state index is 5.62. The summed E-state index contributed by atoms with van der Waals surface area (Å²) in [5.74, 6) is 0. The second-order valence-corrected chi connectivity index (χ2v) is 5.37. The van der Waals surface area contributed by atoms with Crippen molar-refractivity contribution in [3.63, 3.8) is 0 Å². The molecule has 0 aromatic rings. The molecule has 0 atom stereocenters. The van der Waals surface area contributed by atoms with Crippen LogP contribution in [0, 0.1) is 0 Å². The number of rotatable bonds is 2. The number of hydrogen-bond acceptors (Lipinski definition) is 3. The van der Waals surface area contributed by atoms with E-state index in [-0.39, 0.29) is 24.9 Å². The van der Waals surface area contributed by atoms with Gasteiger partial charge in [-0.1, -0.05) is 7.43 Å². The first-order chi connectivity index (χ1) is 6.52. The van der Waals surface area contributed by atoms with Crippen molar-refractivity contribution in [1.29, 1.82) is 0 Å². The molecule has 0 aliphatic rings. The molecule has 0 aromatic heterocycles. The van der Waals surface area contributed by atoms with Crippen LogP contribution < -0.4 is 0 Å². The average molecular weight is 236 g/mol. The topological polar surface area (TPSA) is 27.7 Å². The van der Waals surface area contributed by atoms with Gasteiger partial charge in [0.2, 0.25) is 0 Å². The van der Waals surface area contributed by atoms with Crippen molar-refractivity contribution in [2.75, 3.05) is 14.2 Å². The fourth-order valence-electron chi connectivity index (χ4n) is 1.01. The van der Waals surface area contributed by atoms with Crippen molar-refractivity contribution in [3.05, 3.63) is 0 Å². The first kappa shape index (κ1) is 21.2. The fraction of sp³-hybridized carbons (Fsp3) is 1.00. The Hall–Kier alpha value is -0.120. The van der Waals surface area contributed by atoms with Gasteiger partial charge < -0.3 is 14.2 Å². The molecule has 0 heterocycles. The SMILES string of the molecule is C.CC(C)(C)OC(C)(C)C.COC(C)OC. The van der Waals surface area contributed by atoms with E-state index in [2.05, 4.69) is 51.0 Å². The Labute approximate surface area is 102 Å². The van der Waals surface area contributed by atoms with E-state index in [1.54, 1.807) is 14.2 Å². The van der Waals surface area contributed by atoms with Crippen molar-refractivity contribution in [2.24, 2.45) is 0 Å². The summed E-state index contributed by atoms with van der Waals surface area (Å²) < 4.78 is 15.0. The van der Waals surface area contributed by atoms with Gasteiger partial charge >= 0.3 is 0 Å². The van der Waals surface area contributed by atoms with Crippen molar-refractivity contribution < 1.29 is 14.2 Å². The molecule has 16 heavy (non-hydrogen) atoms. The molecule has 3 nitrogen and oxygen atoms in total. The van der Waals surface area contributed by atoms with E-state index in [1.165, 1.54) is 0 Å². The summed E-state index contributed by atoms with van der Waals surface area (Å²) >= 11 is 0. The molecule has 3 heteroatoms. The Balaban J connectivity index is -0.000000214. The molecule has 0 saturated carbocycles. The Morgan fingerprint density at radius 1 is 0.750 bits per heavy atom. The monoisotopic (exact) mass is 236 g/mol. The highest BCUT2D eigenvalue weighted by Gasteiger charge is 2.19. The molecular formula is C13H32O3. The Morgan fingerprint density at radius 3 is 1.00 bits per heavy atom. The van der Waals surface area contributed by atoms with E-state index in [1.807, 2.05) is 6.92 Å². The third kappa shape index (κ3) is 23.6. The summed E-state index contributed by atoms with van der Waals surface area (Å²) in [7, 11) is 3.21. The van der Waals surface area contributed by atoms with Crippen LogP contribution in [0.2, 0.25) is 0 Å². The van der Waals surface area contributed by atoms with Gasteiger partial charge in [0.25, 0.3) is 0 Å². The van der Waals surface area contributed by atoms with Gasteiger partial charge in [0.05, 0.1) is 11.2 Å². The normalized spacial score (nSPS) is 11.6. The van der Waals surface area contributed by atoms with E-state index in [0.29, 0.717) is 0 Å². The first-order valence-corrected chi connectivity index (χ1v) is 5.27. The molecule has 0 unspecified atom stereocenters. The molecule has 0 spiro atoms. The second-order valence-electron chi connectivity index (χ2n) is 5.37. The van der Waals surface area contributed by atoms with Crippen molar-refractivity contribution in [3.8, 4) is 0 Å². The number of methoxy groups -OCH3 is 2. The molecule has 0 N–H and O–H groups in total. The second kappa shape index (κ2) is 8.97. The van der Waals surface area contributed by atoms with Crippen LogP contribution in [-0.4, -0.2) is 31.7 Å². The van der Waals surface area contributed by atoms with Crippen LogP contribution in [0.1, 0.15) is 55.9 Å². The molecular weight excluding hydrogens is 204 g/mol. The van der Waals surface area contributed by atoms with Crippen LogP contribution in [0.15, 0.2) is 0 Å². The molecule has 0 bridgehead atoms. The lowest BCUT2D eigenvalue weighted by Crippen LogP contribution is -2.31. The third-order valence-electron chi connectivity index (χ3n) is 1.28. The van der Waals surface area contributed by atoms with Gasteiger partial charge in [-0.25, -0.2) is 0 Å². The zero-order valence-electron chi connectivity index (χ0n) is 11.8. The lowest BCUT2D eigenvalue weighted by atomic mass is 10.1. The average Bonchev–Trinajstić information content (AvgIpc) is 1.97. The largest absolute Gasteiger partial charge is 0.370 e. The summed E-state index contributed by atoms with van der Waals surface area (Å²) in [5, 5.41) is 0. The van der Waals surface area contributed by atoms with Crippen LogP contribution in [0.3, 0.4) is 0 Å². The zero-order valence-corrected chi connectivity index (χ0v) is 11.8. The highest BCUT2D eigenvalue weighted by atomic mass is 16.7. The summed E-state index contributed by atoms with van der Waals surface area (Å²) in [4.78, 5) is 0. The van der Waals surface area contributed by atoms with Crippen molar-refractivity contribution >= 4 is 0 Å². The maximum Gasteiger partial charge on any atom is 0.154 e. The van der Waals surface area contributed by atoms with Gasteiger partial charge in [-0.15, -0.1) is 0 Å². The Kier molecular flexibility index (Phi) is 11.9. The summed E-state index contributed by atoms with van der Waals surface area (Å²) in [6.45, 7) is 14.2. The van der Waals surface area contributed by atoms with Crippen LogP contribution in [0.5, 0.6) is 0 Å². The maximum absolute atomic E-state index is 5.62. The standard InChI is InChI=1S/C8H18O.C4H10O2.CH4/c1-7(2,3)9-8(4,5)6;1-4(5-2)6-3;/h1-6H3;4H,1-3H3;1H4. The molecule has 0 fully saturated rings. The third-order valence-corrected chi connectivity index (χ3v) is 1.28. The molecule has 0 rings (SSSR count). The molecule has 102 valence electrons. The van der Waals surface area contributed by atoms with Crippen molar-refractivity contribution in [2.45, 2.75) is 73.4 Å². The zero-order chi connectivity index (χ0) is 12.7. The van der Waals surface area contributed by atoms with Gasteiger partial charge in [0.15, 0.2) is 6.29 Å².